The Labute approximate surface area is 122 Å². The normalized spacial score (nSPS) is 21.4. The lowest BCUT2D eigenvalue weighted by atomic mass is 10.1. The van der Waals surface area contributed by atoms with Gasteiger partial charge in [0, 0.05) is 18.8 Å². The summed E-state index contributed by atoms with van der Waals surface area (Å²) in [5.74, 6) is -0.132. The van der Waals surface area contributed by atoms with Crippen molar-refractivity contribution in [2.24, 2.45) is 4.99 Å². The lowest BCUT2D eigenvalue weighted by Gasteiger charge is -2.27. The summed E-state index contributed by atoms with van der Waals surface area (Å²) in [7, 11) is 0. The minimum absolute atomic E-state index is 0.132. The number of hydrogen-bond acceptors (Lipinski definition) is 4. The fourth-order valence-corrected chi connectivity index (χ4v) is 3.33. The zero-order valence-corrected chi connectivity index (χ0v) is 12.0. The van der Waals surface area contributed by atoms with Gasteiger partial charge in [0.2, 0.25) is 0 Å². The number of carbonyl (C=O) groups is 1. The number of nitrogens with zero attached hydrogens (tertiary/aromatic N) is 2. The lowest BCUT2D eigenvalue weighted by molar-refractivity contribution is -0.113. The van der Waals surface area contributed by atoms with Crippen molar-refractivity contribution in [2.75, 3.05) is 18.8 Å². The number of nitrogen functional groups attached to an aromatic ring is 1. The third-order valence-corrected chi connectivity index (χ3v) is 4.51. The molecule has 0 spiro atoms. The Hall–Kier alpha value is -1.75. The van der Waals surface area contributed by atoms with Gasteiger partial charge in [-0.2, -0.15) is 4.99 Å². The SMILES string of the molecule is Nc1ccc(/C=C2\SC(N3CCCCC3)=NC2=O)cc1. The Bertz CT molecular complexity index is 571. The molecule has 0 radical (unpaired) electrons. The van der Waals surface area contributed by atoms with Crippen molar-refractivity contribution in [3.8, 4) is 0 Å². The number of thioether (sulfide) groups is 1. The largest absolute Gasteiger partial charge is 0.399 e. The summed E-state index contributed by atoms with van der Waals surface area (Å²) < 4.78 is 0. The number of anilines is 1. The van der Waals surface area contributed by atoms with Gasteiger partial charge in [0.15, 0.2) is 5.17 Å². The molecular formula is C15H17N3OS. The molecule has 20 heavy (non-hydrogen) atoms. The van der Waals surface area contributed by atoms with Crippen LogP contribution in [0.3, 0.4) is 0 Å². The van der Waals surface area contributed by atoms with E-state index in [0.717, 1.165) is 29.5 Å². The molecule has 0 saturated carbocycles. The fraction of sp³-hybridized carbons (Fsp3) is 0.333. The average Bonchev–Trinajstić information content (AvgIpc) is 2.84. The molecule has 0 unspecified atom stereocenters. The molecule has 1 aromatic carbocycles. The van der Waals surface area contributed by atoms with Gasteiger partial charge in [0.05, 0.1) is 4.91 Å². The monoisotopic (exact) mass is 287 g/mol. The summed E-state index contributed by atoms with van der Waals surface area (Å²) >= 11 is 1.48. The number of amidine groups is 1. The van der Waals surface area contributed by atoms with Crippen molar-refractivity contribution in [1.29, 1.82) is 0 Å². The number of aliphatic imine (C=N–C) groups is 1. The van der Waals surface area contributed by atoms with Crippen LogP contribution in [0.2, 0.25) is 0 Å². The second-order valence-corrected chi connectivity index (χ2v) is 6.03. The molecule has 1 amide bonds. The van der Waals surface area contributed by atoms with Gasteiger partial charge in [-0.1, -0.05) is 12.1 Å². The van der Waals surface area contributed by atoms with Crippen molar-refractivity contribution in [2.45, 2.75) is 19.3 Å². The molecule has 2 heterocycles. The molecule has 2 aliphatic heterocycles. The van der Waals surface area contributed by atoms with E-state index in [1.165, 1.54) is 31.0 Å². The van der Waals surface area contributed by atoms with E-state index in [4.69, 9.17) is 5.73 Å². The van der Waals surface area contributed by atoms with E-state index < -0.39 is 0 Å². The van der Waals surface area contributed by atoms with Crippen LogP contribution >= 0.6 is 11.8 Å². The van der Waals surface area contributed by atoms with Crippen LogP contribution in [0.15, 0.2) is 34.2 Å². The molecule has 1 fully saturated rings. The van der Waals surface area contributed by atoms with Gasteiger partial charge in [-0.3, -0.25) is 4.79 Å². The van der Waals surface area contributed by atoms with Gasteiger partial charge in [-0.15, -0.1) is 0 Å². The quantitative estimate of drug-likeness (QED) is 0.637. The van der Waals surface area contributed by atoms with E-state index in [9.17, 15) is 4.79 Å². The molecule has 104 valence electrons. The van der Waals surface area contributed by atoms with Crippen LogP contribution < -0.4 is 5.73 Å². The van der Waals surface area contributed by atoms with Crippen molar-refractivity contribution < 1.29 is 4.79 Å². The summed E-state index contributed by atoms with van der Waals surface area (Å²) in [6.45, 7) is 2.02. The second-order valence-electron chi connectivity index (χ2n) is 5.02. The number of hydrogen-bond donors (Lipinski definition) is 1. The van der Waals surface area contributed by atoms with E-state index in [2.05, 4.69) is 9.89 Å². The van der Waals surface area contributed by atoms with Crippen LogP contribution in [0.25, 0.3) is 6.08 Å². The highest BCUT2D eigenvalue weighted by atomic mass is 32.2. The number of amides is 1. The minimum Gasteiger partial charge on any atom is -0.399 e. The van der Waals surface area contributed by atoms with Crippen LogP contribution in [0.5, 0.6) is 0 Å². The molecule has 0 aliphatic carbocycles. The first-order valence-electron chi connectivity index (χ1n) is 6.85. The van der Waals surface area contributed by atoms with Gasteiger partial charge in [0.25, 0.3) is 5.91 Å². The van der Waals surface area contributed by atoms with Crippen LogP contribution in [-0.2, 0) is 4.79 Å². The number of rotatable bonds is 1. The average molecular weight is 287 g/mol. The molecule has 0 bridgehead atoms. The summed E-state index contributed by atoms with van der Waals surface area (Å²) in [6.07, 6.45) is 5.53. The summed E-state index contributed by atoms with van der Waals surface area (Å²) in [5.41, 5.74) is 7.36. The molecular weight excluding hydrogens is 270 g/mol. The van der Waals surface area contributed by atoms with Gasteiger partial charge in [-0.05, 0) is 54.8 Å². The highest BCUT2D eigenvalue weighted by Gasteiger charge is 2.26. The smallest absolute Gasteiger partial charge is 0.286 e. The van der Waals surface area contributed by atoms with Gasteiger partial charge >= 0.3 is 0 Å². The Morgan fingerprint density at radius 2 is 1.85 bits per heavy atom. The molecule has 2 N–H and O–H groups in total. The first-order valence-corrected chi connectivity index (χ1v) is 7.67. The molecule has 2 aliphatic rings. The third kappa shape index (κ3) is 2.88. The van der Waals surface area contributed by atoms with Gasteiger partial charge in [-0.25, -0.2) is 0 Å². The summed E-state index contributed by atoms with van der Waals surface area (Å²) in [4.78, 5) is 19.1. The number of benzene rings is 1. The molecule has 0 aromatic heterocycles. The first-order chi connectivity index (χ1) is 9.72. The fourth-order valence-electron chi connectivity index (χ4n) is 2.36. The van der Waals surface area contributed by atoms with Crippen LogP contribution in [0, 0.1) is 0 Å². The standard InChI is InChI=1S/C15H17N3OS/c16-12-6-4-11(5-7-12)10-13-14(19)17-15(20-13)18-8-2-1-3-9-18/h4-7,10H,1-3,8-9,16H2/b13-10-. The maximum atomic E-state index is 12.0. The Morgan fingerprint density at radius 1 is 1.15 bits per heavy atom. The number of likely N-dealkylation sites (tertiary alicyclic amines) is 1. The molecule has 0 atom stereocenters. The molecule has 3 rings (SSSR count). The van der Waals surface area contributed by atoms with Crippen molar-refractivity contribution in [3.63, 3.8) is 0 Å². The number of nitrogens with two attached hydrogens (primary N) is 1. The van der Waals surface area contributed by atoms with Crippen LogP contribution in [0.4, 0.5) is 5.69 Å². The Balaban J connectivity index is 1.74. The van der Waals surface area contributed by atoms with E-state index in [0.29, 0.717) is 4.91 Å². The van der Waals surface area contributed by atoms with Gasteiger partial charge in [0.1, 0.15) is 0 Å². The molecule has 4 nitrogen and oxygen atoms in total. The third-order valence-electron chi connectivity index (χ3n) is 3.47. The summed E-state index contributed by atoms with van der Waals surface area (Å²) in [6, 6.07) is 7.50. The predicted octanol–water partition coefficient (Wildman–Crippen LogP) is 2.73. The maximum Gasteiger partial charge on any atom is 0.286 e. The Kier molecular flexibility index (Phi) is 3.78. The van der Waals surface area contributed by atoms with Crippen LogP contribution in [-0.4, -0.2) is 29.1 Å². The van der Waals surface area contributed by atoms with E-state index in [1.807, 2.05) is 30.3 Å². The van der Waals surface area contributed by atoms with Gasteiger partial charge < -0.3 is 10.6 Å². The van der Waals surface area contributed by atoms with E-state index in [1.54, 1.807) is 0 Å². The second kappa shape index (κ2) is 5.71. The molecule has 1 aromatic rings. The minimum atomic E-state index is -0.132. The van der Waals surface area contributed by atoms with Crippen molar-refractivity contribution in [1.82, 2.24) is 4.90 Å². The topological polar surface area (TPSA) is 58.7 Å². The summed E-state index contributed by atoms with van der Waals surface area (Å²) in [5, 5.41) is 0.858. The Morgan fingerprint density at radius 3 is 2.55 bits per heavy atom. The lowest BCUT2D eigenvalue weighted by Crippen LogP contribution is -2.33. The van der Waals surface area contributed by atoms with E-state index >= 15 is 0 Å². The molecule has 1 saturated heterocycles. The highest BCUT2D eigenvalue weighted by molar-refractivity contribution is 8.18. The highest BCUT2D eigenvalue weighted by Crippen LogP contribution is 2.31. The molecule has 5 heteroatoms. The zero-order chi connectivity index (χ0) is 13.9. The van der Waals surface area contributed by atoms with Crippen LogP contribution in [0.1, 0.15) is 24.8 Å². The number of carbonyl (C=O) groups excluding carboxylic acids is 1. The zero-order valence-electron chi connectivity index (χ0n) is 11.2. The number of piperidine rings is 1. The maximum absolute atomic E-state index is 12.0. The van der Waals surface area contributed by atoms with Crippen molar-refractivity contribution >= 4 is 34.6 Å². The predicted molar refractivity (Wildman–Crippen MR) is 84.3 cm³/mol. The first kappa shape index (κ1) is 13.2. The van der Waals surface area contributed by atoms with E-state index in [-0.39, 0.29) is 5.91 Å². The van der Waals surface area contributed by atoms with Crippen molar-refractivity contribution in [3.05, 3.63) is 34.7 Å².